The predicted octanol–water partition coefficient (Wildman–Crippen LogP) is 9.09. The fourth-order valence-corrected chi connectivity index (χ4v) is 8.80. The highest BCUT2D eigenvalue weighted by Gasteiger charge is 2.54. The van der Waals surface area contributed by atoms with Crippen LogP contribution in [-0.2, 0) is 73.8 Å². The maximum Gasteiger partial charge on any atom is 0.338 e. The van der Waals surface area contributed by atoms with E-state index < -0.39 is 85.9 Å². The first-order chi connectivity index (χ1) is 36.9. The second kappa shape index (κ2) is 26.7. The van der Waals surface area contributed by atoms with E-state index in [0.29, 0.717) is 0 Å². The molecule has 14 heteroatoms. The number of hydrogen-bond acceptors (Lipinski definition) is 14. The van der Waals surface area contributed by atoms with Crippen LogP contribution in [0.5, 0.6) is 0 Å². The lowest BCUT2D eigenvalue weighted by Crippen LogP contribution is -2.64. The van der Waals surface area contributed by atoms with E-state index in [9.17, 15) is 19.5 Å². The Morgan fingerprint density at radius 1 is 0.347 bits per heavy atom. The third-order valence-corrected chi connectivity index (χ3v) is 12.6. The first kappa shape index (κ1) is 52.5. The molecule has 14 nitrogen and oxygen atoms in total. The van der Waals surface area contributed by atoms with Crippen LogP contribution in [0.15, 0.2) is 212 Å². The highest BCUT2D eigenvalue weighted by molar-refractivity contribution is 5.91. The van der Waals surface area contributed by atoms with Crippen LogP contribution in [0.1, 0.15) is 53.3 Å². The van der Waals surface area contributed by atoms with Gasteiger partial charge in [-0.2, -0.15) is 0 Å². The average Bonchev–Trinajstić information content (AvgIpc) is 3.46. The average molecular weight is 1020 g/mol. The lowest BCUT2D eigenvalue weighted by atomic mass is 9.96. The molecule has 75 heavy (non-hydrogen) atoms. The maximum absolute atomic E-state index is 14.1. The van der Waals surface area contributed by atoms with E-state index in [1.165, 1.54) is 24.3 Å². The first-order valence-corrected chi connectivity index (χ1v) is 24.8. The van der Waals surface area contributed by atoms with Gasteiger partial charge in [-0.25, -0.2) is 14.4 Å². The Morgan fingerprint density at radius 2 is 0.693 bits per heavy atom. The molecular weight excluding hydrogens is 957 g/mol. The molecule has 386 valence electrons. The highest BCUT2D eigenvalue weighted by atomic mass is 16.7. The van der Waals surface area contributed by atoms with Crippen molar-refractivity contribution in [2.45, 2.75) is 87.8 Å². The molecule has 2 aliphatic heterocycles. The number of benzene rings is 7. The van der Waals surface area contributed by atoms with Crippen molar-refractivity contribution in [2.75, 3.05) is 13.2 Å². The summed E-state index contributed by atoms with van der Waals surface area (Å²) in [7, 11) is 0. The van der Waals surface area contributed by atoms with Crippen molar-refractivity contribution in [3.8, 4) is 0 Å². The van der Waals surface area contributed by atoms with Crippen molar-refractivity contribution in [1.29, 1.82) is 0 Å². The molecule has 10 atom stereocenters. The van der Waals surface area contributed by atoms with Gasteiger partial charge in [0.15, 0.2) is 30.9 Å². The molecule has 2 saturated heterocycles. The predicted molar refractivity (Wildman–Crippen MR) is 274 cm³/mol. The Kier molecular flexibility index (Phi) is 18.7. The van der Waals surface area contributed by atoms with Crippen molar-refractivity contribution in [3.63, 3.8) is 0 Å². The van der Waals surface area contributed by atoms with E-state index in [-0.39, 0.29) is 49.7 Å². The lowest BCUT2D eigenvalue weighted by molar-refractivity contribution is -0.342. The molecule has 7 aromatic carbocycles. The Morgan fingerprint density at radius 3 is 1.13 bits per heavy atom. The zero-order chi connectivity index (χ0) is 51.6. The first-order valence-electron chi connectivity index (χ1n) is 24.8. The smallest absolute Gasteiger partial charge is 0.338 e. The summed E-state index contributed by atoms with van der Waals surface area (Å²) in [6.45, 7) is 0.321. The topological polar surface area (TPSA) is 164 Å². The molecular formula is C61H58O14. The highest BCUT2D eigenvalue weighted by Crippen LogP contribution is 2.35. The minimum absolute atomic E-state index is 0.0345. The van der Waals surface area contributed by atoms with Crippen molar-refractivity contribution in [1.82, 2.24) is 0 Å². The fraction of sp³-hybridized carbons (Fsp3) is 0.262. The van der Waals surface area contributed by atoms with Gasteiger partial charge in [-0.3, -0.25) is 0 Å². The Hall–Kier alpha value is -7.37. The molecule has 0 radical (unpaired) electrons. The molecule has 0 aromatic heterocycles. The number of carbonyl (C=O) groups is 3. The lowest BCUT2D eigenvalue weighted by Gasteiger charge is -2.47. The van der Waals surface area contributed by atoms with Gasteiger partial charge in [0.2, 0.25) is 0 Å². The Bertz CT molecular complexity index is 2810. The van der Waals surface area contributed by atoms with E-state index in [2.05, 4.69) is 0 Å². The van der Waals surface area contributed by atoms with Gasteiger partial charge < -0.3 is 52.5 Å². The Balaban J connectivity index is 1.07. The van der Waals surface area contributed by atoms with Crippen LogP contribution in [0.2, 0.25) is 0 Å². The molecule has 2 aliphatic rings. The van der Waals surface area contributed by atoms with Crippen LogP contribution in [-0.4, -0.2) is 97.6 Å². The third kappa shape index (κ3) is 14.5. The summed E-state index contributed by atoms with van der Waals surface area (Å²) in [6.07, 6.45) is -13.0. The molecule has 0 unspecified atom stereocenters. The number of carbonyl (C=O) groups excluding carboxylic acids is 3. The van der Waals surface area contributed by atoms with Crippen molar-refractivity contribution in [2.24, 2.45) is 0 Å². The minimum Gasteiger partial charge on any atom is -0.452 e. The molecule has 2 fully saturated rings. The molecule has 0 spiro atoms. The van der Waals surface area contributed by atoms with Crippen molar-refractivity contribution < 1.29 is 66.9 Å². The van der Waals surface area contributed by atoms with E-state index in [1.807, 2.05) is 121 Å². The summed E-state index contributed by atoms with van der Waals surface area (Å²) in [5.74, 6) is -2.52. The van der Waals surface area contributed by atoms with Crippen LogP contribution in [0.4, 0.5) is 0 Å². The van der Waals surface area contributed by atoms with Gasteiger partial charge in [-0.1, -0.05) is 176 Å². The summed E-state index contributed by atoms with van der Waals surface area (Å²) < 4.78 is 65.2. The number of aliphatic hydroxyl groups is 1. The molecule has 0 amide bonds. The number of rotatable bonds is 22. The quantitative estimate of drug-likeness (QED) is 0.0505. The van der Waals surface area contributed by atoms with Crippen LogP contribution >= 0.6 is 0 Å². The van der Waals surface area contributed by atoms with E-state index in [4.69, 9.17) is 47.4 Å². The summed E-state index contributed by atoms with van der Waals surface area (Å²) in [5.41, 5.74) is 4.08. The van der Waals surface area contributed by atoms with E-state index in [1.54, 1.807) is 66.7 Å². The molecule has 0 aliphatic carbocycles. The minimum atomic E-state index is -1.93. The molecule has 7 aromatic rings. The molecule has 0 saturated carbocycles. The van der Waals surface area contributed by atoms with Gasteiger partial charge in [0.1, 0.15) is 30.5 Å². The fourth-order valence-electron chi connectivity index (χ4n) is 8.80. The van der Waals surface area contributed by atoms with Gasteiger partial charge in [0.25, 0.3) is 0 Å². The normalized spacial score (nSPS) is 23.4. The summed E-state index contributed by atoms with van der Waals surface area (Å²) in [5, 5.41) is 11.9. The number of ether oxygens (including phenoxy) is 10. The van der Waals surface area contributed by atoms with Gasteiger partial charge in [-0.15, -0.1) is 0 Å². The van der Waals surface area contributed by atoms with Gasteiger partial charge >= 0.3 is 17.9 Å². The standard InChI is InChI=1S/C61H58O14/c62-57(46-30-16-5-17-31-46)73-52-50(71-60(65)55(75-59(64)48-34-20-7-21-35-48)54(52)74-58(63)47-32-18-6-19-33-47)41-70-61-56(69-39-45-28-14-4-15-29-45)53(68-38-44-26-12-3-13-27-44)51(67-37-43-24-10-2-11-25-43)49(72-61)40-66-36-42-22-8-1-9-23-42/h1-35,49-56,60-61,65H,36-41H2/t49-,50-,51+,52-,53+,54+,55+,56-,60+,61+/m1/s1. The van der Waals surface area contributed by atoms with Crippen LogP contribution in [0.3, 0.4) is 0 Å². The van der Waals surface area contributed by atoms with Crippen LogP contribution in [0.25, 0.3) is 0 Å². The molecule has 1 N–H and O–H groups in total. The number of esters is 3. The van der Waals surface area contributed by atoms with Gasteiger partial charge in [-0.05, 0) is 58.7 Å². The van der Waals surface area contributed by atoms with Crippen LogP contribution < -0.4 is 0 Å². The molecule has 9 rings (SSSR count). The van der Waals surface area contributed by atoms with E-state index >= 15 is 0 Å². The van der Waals surface area contributed by atoms with Gasteiger partial charge in [0, 0.05) is 0 Å². The third-order valence-electron chi connectivity index (χ3n) is 12.6. The monoisotopic (exact) mass is 1010 g/mol. The molecule has 0 bridgehead atoms. The molecule has 2 heterocycles. The zero-order valence-corrected chi connectivity index (χ0v) is 41.0. The van der Waals surface area contributed by atoms with E-state index in [0.717, 1.165) is 22.3 Å². The Labute approximate surface area is 435 Å². The van der Waals surface area contributed by atoms with Crippen LogP contribution in [0, 0.1) is 0 Å². The van der Waals surface area contributed by atoms with Crippen molar-refractivity contribution in [3.05, 3.63) is 251 Å². The van der Waals surface area contributed by atoms with Crippen molar-refractivity contribution >= 4 is 17.9 Å². The number of aliphatic hydroxyl groups excluding tert-OH is 1. The summed E-state index contributed by atoms with van der Waals surface area (Å²) in [4.78, 5) is 41.9. The maximum atomic E-state index is 14.1. The number of hydrogen-bond donors (Lipinski definition) is 1. The second-order valence-corrected chi connectivity index (χ2v) is 17.9. The largest absolute Gasteiger partial charge is 0.452 e. The second-order valence-electron chi connectivity index (χ2n) is 17.9. The summed E-state index contributed by atoms with van der Waals surface area (Å²) >= 11 is 0. The van der Waals surface area contributed by atoms with Gasteiger partial charge in [0.05, 0.1) is 56.3 Å². The zero-order valence-electron chi connectivity index (χ0n) is 41.0. The SMILES string of the molecule is O=C(O[C@@H]1[C@H](OC(=O)c2ccccc2)[C@@H](O)O[C@H](CO[C@H]2O[C@H](COCc3ccccc3)[C@H](OCc3ccccc3)[C@H](OCc3ccccc3)[C@H]2OCc2ccccc2)[C@H]1OC(=O)c1ccccc1)c1ccccc1. The summed E-state index contributed by atoms with van der Waals surface area (Å²) in [6, 6.07) is 63.2.